The molecule has 3 N–H and O–H groups in total. The van der Waals surface area contributed by atoms with E-state index in [0.29, 0.717) is 0 Å². The Labute approximate surface area is 67.8 Å². The second-order valence-corrected chi connectivity index (χ2v) is 2.41. The second-order valence-electron chi connectivity index (χ2n) is 2.41. The normalized spacial score (nSPS) is 14.7. The van der Waals surface area contributed by atoms with Gasteiger partial charge in [-0.25, -0.2) is 8.78 Å². The second kappa shape index (κ2) is 3.20. The minimum Gasteiger partial charge on any atom is -0.467 e. The summed E-state index contributed by atoms with van der Waals surface area (Å²) in [4.78, 5) is 0. The van der Waals surface area contributed by atoms with Gasteiger partial charge < -0.3 is 15.3 Å². The fraction of sp³-hybridized carbons (Fsp3) is 0.429. The Morgan fingerprint density at radius 3 is 2.75 bits per heavy atom. The molecular formula is C7H9F2NO2. The van der Waals surface area contributed by atoms with Gasteiger partial charge >= 0.3 is 0 Å². The maximum absolute atomic E-state index is 12.7. The van der Waals surface area contributed by atoms with Crippen molar-refractivity contribution in [3.05, 3.63) is 24.2 Å². The van der Waals surface area contributed by atoms with Crippen LogP contribution in [0, 0.1) is 0 Å². The quantitative estimate of drug-likeness (QED) is 0.721. The van der Waals surface area contributed by atoms with Crippen LogP contribution in [0.15, 0.2) is 22.8 Å². The van der Waals surface area contributed by atoms with E-state index in [-0.39, 0.29) is 5.76 Å². The van der Waals surface area contributed by atoms with Crippen LogP contribution in [0.4, 0.5) is 8.78 Å². The zero-order chi connectivity index (χ0) is 9.19. The third-order valence-electron chi connectivity index (χ3n) is 1.52. The minimum atomic E-state index is -3.34. The third-order valence-corrected chi connectivity index (χ3v) is 1.52. The van der Waals surface area contributed by atoms with Crippen LogP contribution in [0.25, 0.3) is 0 Å². The van der Waals surface area contributed by atoms with Crippen LogP contribution < -0.4 is 5.73 Å². The predicted molar refractivity (Wildman–Crippen MR) is 37.7 cm³/mol. The van der Waals surface area contributed by atoms with Gasteiger partial charge in [0, 0.05) is 0 Å². The highest BCUT2D eigenvalue weighted by Crippen LogP contribution is 2.28. The number of furan rings is 1. The van der Waals surface area contributed by atoms with Gasteiger partial charge in [0.25, 0.3) is 5.92 Å². The molecule has 1 heterocycles. The van der Waals surface area contributed by atoms with Crippen LogP contribution in [0.1, 0.15) is 11.8 Å². The number of hydrogen-bond acceptors (Lipinski definition) is 3. The van der Waals surface area contributed by atoms with Gasteiger partial charge in [-0.05, 0) is 12.1 Å². The number of alkyl halides is 2. The molecule has 0 aromatic carbocycles. The Kier molecular flexibility index (Phi) is 2.44. The monoisotopic (exact) mass is 177 g/mol. The number of hydrogen-bond donors (Lipinski definition) is 2. The summed E-state index contributed by atoms with van der Waals surface area (Å²) >= 11 is 0. The number of aliphatic hydroxyl groups excluding tert-OH is 1. The number of rotatable bonds is 3. The van der Waals surface area contributed by atoms with E-state index in [4.69, 9.17) is 10.8 Å². The Balaban J connectivity index is 2.78. The van der Waals surface area contributed by atoms with Crippen molar-refractivity contribution in [3.8, 4) is 0 Å². The van der Waals surface area contributed by atoms with Gasteiger partial charge in [-0.3, -0.25) is 0 Å². The van der Waals surface area contributed by atoms with Gasteiger partial charge in [0.1, 0.15) is 18.4 Å². The van der Waals surface area contributed by atoms with Crippen LogP contribution in [0.3, 0.4) is 0 Å². The van der Waals surface area contributed by atoms with E-state index in [9.17, 15) is 8.78 Å². The van der Waals surface area contributed by atoms with E-state index in [1.165, 1.54) is 18.4 Å². The van der Waals surface area contributed by atoms with Crippen LogP contribution in [-0.4, -0.2) is 17.6 Å². The van der Waals surface area contributed by atoms with E-state index in [0.717, 1.165) is 0 Å². The van der Waals surface area contributed by atoms with Crippen molar-refractivity contribution in [1.29, 1.82) is 0 Å². The largest absolute Gasteiger partial charge is 0.467 e. The highest BCUT2D eigenvalue weighted by atomic mass is 19.3. The third kappa shape index (κ3) is 1.62. The molecule has 5 heteroatoms. The first-order chi connectivity index (χ1) is 5.58. The standard InChI is InChI=1S/C7H9F2NO2/c8-7(9,4-11)6(10)5-2-1-3-12-5/h1-3,6,11H,4,10H2/t6-/m0/s1. The van der Waals surface area contributed by atoms with Crippen molar-refractivity contribution in [2.24, 2.45) is 5.73 Å². The lowest BCUT2D eigenvalue weighted by Gasteiger charge is -2.18. The van der Waals surface area contributed by atoms with Crippen molar-refractivity contribution in [3.63, 3.8) is 0 Å². The molecule has 0 unspecified atom stereocenters. The first kappa shape index (κ1) is 9.15. The fourth-order valence-electron chi connectivity index (χ4n) is 0.775. The van der Waals surface area contributed by atoms with Crippen LogP contribution in [0.2, 0.25) is 0 Å². The van der Waals surface area contributed by atoms with Gasteiger partial charge in [0.15, 0.2) is 0 Å². The molecule has 0 bridgehead atoms. The predicted octanol–water partition coefficient (Wildman–Crippen LogP) is 0.907. The molecule has 0 saturated carbocycles. The molecule has 0 aliphatic rings. The molecule has 0 radical (unpaired) electrons. The number of nitrogens with two attached hydrogens (primary N) is 1. The lowest BCUT2D eigenvalue weighted by Crippen LogP contribution is -2.35. The molecule has 1 aromatic rings. The SMILES string of the molecule is N[C@@H](c1ccco1)C(F)(F)CO. The summed E-state index contributed by atoms with van der Waals surface area (Å²) in [5.41, 5.74) is 5.12. The van der Waals surface area contributed by atoms with Crippen molar-refractivity contribution in [2.45, 2.75) is 12.0 Å². The Morgan fingerprint density at radius 1 is 1.67 bits per heavy atom. The van der Waals surface area contributed by atoms with E-state index in [1.54, 1.807) is 0 Å². The average molecular weight is 177 g/mol. The van der Waals surface area contributed by atoms with Crippen LogP contribution >= 0.6 is 0 Å². The van der Waals surface area contributed by atoms with E-state index in [1.807, 2.05) is 0 Å². The van der Waals surface area contributed by atoms with Gasteiger partial charge in [-0.2, -0.15) is 0 Å². The molecule has 68 valence electrons. The first-order valence-corrected chi connectivity index (χ1v) is 3.35. The Bertz CT molecular complexity index is 236. The Morgan fingerprint density at radius 2 is 2.33 bits per heavy atom. The van der Waals surface area contributed by atoms with Crippen molar-refractivity contribution in [2.75, 3.05) is 6.61 Å². The van der Waals surface area contributed by atoms with E-state index < -0.39 is 18.6 Å². The molecular weight excluding hydrogens is 168 g/mol. The van der Waals surface area contributed by atoms with Gasteiger partial charge in [-0.1, -0.05) is 0 Å². The van der Waals surface area contributed by atoms with Crippen LogP contribution in [-0.2, 0) is 0 Å². The summed E-state index contributed by atoms with van der Waals surface area (Å²) < 4.78 is 30.0. The molecule has 0 aliphatic heterocycles. The molecule has 0 fully saturated rings. The molecule has 1 aromatic heterocycles. The van der Waals surface area contributed by atoms with Gasteiger partial charge in [0.05, 0.1) is 6.26 Å². The summed E-state index contributed by atoms with van der Waals surface area (Å²) in [5, 5.41) is 8.29. The lowest BCUT2D eigenvalue weighted by atomic mass is 10.1. The summed E-state index contributed by atoms with van der Waals surface area (Å²) in [5.74, 6) is -3.37. The van der Waals surface area contributed by atoms with Gasteiger partial charge in [0.2, 0.25) is 0 Å². The maximum Gasteiger partial charge on any atom is 0.292 e. The van der Waals surface area contributed by atoms with E-state index >= 15 is 0 Å². The highest BCUT2D eigenvalue weighted by Gasteiger charge is 2.38. The number of halogens is 2. The summed E-state index contributed by atoms with van der Waals surface area (Å²) in [6.45, 7) is -1.28. The molecule has 1 atom stereocenters. The van der Waals surface area contributed by atoms with Crippen molar-refractivity contribution >= 4 is 0 Å². The first-order valence-electron chi connectivity index (χ1n) is 3.35. The van der Waals surface area contributed by atoms with Crippen LogP contribution in [0.5, 0.6) is 0 Å². The van der Waals surface area contributed by atoms with Crippen molar-refractivity contribution in [1.82, 2.24) is 0 Å². The minimum absolute atomic E-state index is 0.0333. The maximum atomic E-state index is 12.7. The molecule has 12 heavy (non-hydrogen) atoms. The summed E-state index contributed by atoms with van der Waals surface area (Å²) in [6.07, 6.45) is 1.25. The van der Waals surface area contributed by atoms with Gasteiger partial charge in [-0.15, -0.1) is 0 Å². The average Bonchev–Trinajstić information content (AvgIpc) is 2.55. The smallest absolute Gasteiger partial charge is 0.292 e. The molecule has 0 amide bonds. The van der Waals surface area contributed by atoms with Crippen molar-refractivity contribution < 1.29 is 18.3 Å². The number of aliphatic hydroxyl groups is 1. The van der Waals surface area contributed by atoms with E-state index in [2.05, 4.69) is 4.42 Å². The molecule has 3 nitrogen and oxygen atoms in total. The topological polar surface area (TPSA) is 59.4 Å². The zero-order valence-electron chi connectivity index (χ0n) is 6.21. The molecule has 0 saturated heterocycles. The molecule has 0 aliphatic carbocycles. The lowest BCUT2D eigenvalue weighted by molar-refractivity contribution is -0.0754. The summed E-state index contributed by atoms with van der Waals surface area (Å²) in [7, 11) is 0. The summed E-state index contributed by atoms with van der Waals surface area (Å²) in [6, 6.07) is 1.22. The zero-order valence-corrected chi connectivity index (χ0v) is 6.21. The molecule has 0 spiro atoms. The Hall–Kier alpha value is -0.940. The molecule has 1 rings (SSSR count). The highest BCUT2D eigenvalue weighted by molar-refractivity contribution is 5.07. The fourth-order valence-corrected chi connectivity index (χ4v) is 0.775.